The van der Waals surface area contributed by atoms with Crippen molar-refractivity contribution >= 4 is 17.9 Å². The highest BCUT2D eigenvalue weighted by atomic mass is 16.4. The maximum Gasteiger partial charge on any atom is 0.318 e. The summed E-state index contributed by atoms with van der Waals surface area (Å²) >= 11 is 0. The van der Waals surface area contributed by atoms with Gasteiger partial charge >= 0.3 is 12.0 Å². The number of aliphatic carboxylic acids is 1. The summed E-state index contributed by atoms with van der Waals surface area (Å²) in [4.78, 5) is 36.3. The van der Waals surface area contributed by atoms with E-state index in [4.69, 9.17) is 5.11 Å². The van der Waals surface area contributed by atoms with Gasteiger partial charge in [0.25, 0.3) is 0 Å². The first kappa shape index (κ1) is 14.6. The van der Waals surface area contributed by atoms with Crippen molar-refractivity contribution in [1.82, 2.24) is 15.5 Å². The van der Waals surface area contributed by atoms with Crippen molar-refractivity contribution in [2.24, 2.45) is 0 Å². The number of hydrogen-bond acceptors (Lipinski definition) is 3. The second-order valence-electron chi connectivity index (χ2n) is 5.38. The smallest absolute Gasteiger partial charge is 0.318 e. The van der Waals surface area contributed by atoms with Gasteiger partial charge in [0, 0.05) is 19.1 Å². The number of carbonyl (C=O) groups is 3. The first-order valence-corrected chi connectivity index (χ1v) is 7.14. The molecular weight excluding hydrogens is 262 g/mol. The molecule has 2 aliphatic heterocycles. The zero-order valence-corrected chi connectivity index (χ0v) is 11.4. The van der Waals surface area contributed by atoms with E-state index in [1.54, 1.807) is 4.90 Å². The molecule has 7 nitrogen and oxygen atoms in total. The standard InChI is InChI=1S/C13H21N3O4/c17-11(18)8-9-4-1-2-7-16(9)13(20)15-10-5-3-6-14-12(10)19/h9-10H,1-8H2,(H,14,19)(H,15,20)(H,17,18). The van der Waals surface area contributed by atoms with Crippen LogP contribution in [-0.2, 0) is 9.59 Å². The zero-order chi connectivity index (χ0) is 14.5. The van der Waals surface area contributed by atoms with Crippen molar-refractivity contribution < 1.29 is 19.5 Å². The molecule has 0 saturated carbocycles. The van der Waals surface area contributed by atoms with Crippen LogP contribution in [0.25, 0.3) is 0 Å². The lowest BCUT2D eigenvalue weighted by Gasteiger charge is -2.36. The highest BCUT2D eigenvalue weighted by Crippen LogP contribution is 2.20. The Hall–Kier alpha value is -1.79. The molecule has 2 atom stereocenters. The molecule has 0 aromatic heterocycles. The van der Waals surface area contributed by atoms with Gasteiger partial charge in [0.05, 0.1) is 6.42 Å². The SMILES string of the molecule is O=C(O)CC1CCCCN1C(=O)NC1CCCNC1=O. The number of hydrogen-bond donors (Lipinski definition) is 3. The zero-order valence-electron chi connectivity index (χ0n) is 11.4. The third-order valence-electron chi connectivity index (χ3n) is 3.88. The molecule has 3 N–H and O–H groups in total. The Labute approximate surface area is 117 Å². The van der Waals surface area contributed by atoms with E-state index in [0.29, 0.717) is 25.9 Å². The van der Waals surface area contributed by atoms with E-state index in [-0.39, 0.29) is 24.4 Å². The number of piperidine rings is 2. The van der Waals surface area contributed by atoms with Gasteiger partial charge in [-0.3, -0.25) is 9.59 Å². The Bertz CT molecular complexity index is 399. The van der Waals surface area contributed by atoms with Gasteiger partial charge in [0.1, 0.15) is 6.04 Å². The molecule has 20 heavy (non-hydrogen) atoms. The molecule has 0 aromatic rings. The number of urea groups is 1. The number of carboxylic acids is 1. The molecule has 0 radical (unpaired) electrons. The largest absolute Gasteiger partial charge is 0.481 e. The van der Waals surface area contributed by atoms with Crippen molar-refractivity contribution in [2.45, 2.75) is 50.6 Å². The van der Waals surface area contributed by atoms with Gasteiger partial charge in [-0.15, -0.1) is 0 Å². The van der Waals surface area contributed by atoms with Crippen LogP contribution in [-0.4, -0.2) is 53.1 Å². The van der Waals surface area contributed by atoms with Crippen LogP contribution in [0.4, 0.5) is 4.79 Å². The van der Waals surface area contributed by atoms with Crippen molar-refractivity contribution in [1.29, 1.82) is 0 Å². The summed E-state index contributed by atoms with van der Waals surface area (Å²) in [5.41, 5.74) is 0. The van der Waals surface area contributed by atoms with E-state index in [1.165, 1.54) is 0 Å². The van der Waals surface area contributed by atoms with Crippen LogP contribution in [0.1, 0.15) is 38.5 Å². The van der Waals surface area contributed by atoms with Crippen molar-refractivity contribution in [2.75, 3.05) is 13.1 Å². The molecule has 112 valence electrons. The molecular formula is C13H21N3O4. The van der Waals surface area contributed by atoms with Gasteiger partial charge in [0.15, 0.2) is 0 Å². The Morgan fingerprint density at radius 1 is 1.30 bits per heavy atom. The lowest BCUT2D eigenvalue weighted by atomic mass is 9.99. The first-order valence-electron chi connectivity index (χ1n) is 7.14. The fourth-order valence-electron chi connectivity index (χ4n) is 2.82. The predicted molar refractivity (Wildman–Crippen MR) is 71.2 cm³/mol. The molecule has 2 saturated heterocycles. The highest BCUT2D eigenvalue weighted by Gasteiger charge is 2.31. The molecule has 0 aromatic carbocycles. The molecule has 2 aliphatic rings. The van der Waals surface area contributed by atoms with Crippen molar-refractivity contribution in [3.8, 4) is 0 Å². The maximum absolute atomic E-state index is 12.2. The van der Waals surface area contributed by atoms with Crippen LogP contribution in [0.15, 0.2) is 0 Å². The first-order chi connectivity index (χ1) is 9.58. The molecule has 0 bridgehead atoms. The fraction of sp³-hybridized carbons (Fsp3) is 0.769. The summed E-state index contributed by atoms with van der Waals surface area (Å²) in [6, 6.07) is -1.09. The van der Waals surface area contributed by atoms with Crippen LogP contribution < -0.4 is 10.6 Å². The second-order valence-corrected chi connectivity index (χ2v) is 5.38. The van der Waals surface area contributed by atoms with Crippen LogP contribution in [0.5, 0.6) is 0 Å². The van der Waals surface area contributed by atoms with E-state index < -0.39 is 12.0 Å². The van der Waals surface area contributed by atoms with E-state index in [1.807, 2.05) is 0 Å². The molecule has 0 spiro atoms. The molecule has 2 rings (SSSR count). The number of carboxylic acid groups (broad SMARTS) is 1. The molecule has 2 heterocycles. The molecule has 3 amide bonds. The van der Waals surface area contributed by atoms with Gasteiger partial charge in [-0.05, 0) is 32.1 Å². The highest BCUT2D eigenvalue weighted by molar-refractivity contribution is 5.87. The topological polar surface area (TPSA) is 98.7 Å². The van der Waals surface area contributed by atoms with Gasteiger partial charge < -0.3 is 20.6 Å². The second kappa shape index (κ2) is 6.58. The normalized spacial score (nSPS) is 26.8. The molecule has 2 fully saturated rings. The van der Waals surface area contributed by atoms with E-state index in [2.05, 4.69) is 10.6 Å². The lowest BCUT2D eigenvalue weighted by Crippen LogP contribution is -2.56. The third-order valence-corrected chi connectivity index (χ3v) is 3.88. The van der Waals surface area contributed by atoms with Gasteiger partial charge in [-0.25, -0.2) is 4.79 Å². The van der Waals surface area contributed by atoms with Gasteiger partial charge in [-0.1, -0.05) is 0 Å². The Balaban J connectivity index is 1.94. The van der Waals surface area contributed by atoms with Crippen LogP contribution in [0.3, 0.4) is 0 Å². The summed E-state index contributed by atoms with van der Waals surface area (Å²) in [5.74, 6) is -1.05. The number of rotatable bonds is 3. The Morgan fingerprint density at radius 2 is 2.10 bits per heavy atom. The maximum atomic E-state index is 12.2. The van der Waals surface area contributed by atoms with Crippen LogP contribution in [0.2, 0.25) is 0 Å². The summed E-state index contributed by atoms with van der Waals surface area (Å²) in [5, 5.41) is 14.3. The van der Waals surface area contributed by atoms with E-state index in [9.17, 15) is 14.4 Å². The minimum absolute atomic E-state index is 0.0374. The van der Waals surface area contributed by atoms with Crippen LogP contribution in [0, 0.1) is 0 Å². The molecule has 2 unspecified atom stereocenters. The number of amides is 3. The minimum atomic E-state index is -0.898. The molecule has 7 heteroatoms. The lowest BCUT2D eigenvalue weighted by molar-refractivity contribution is -0.138. The summed E-state index contributed by atoms with van der Waals surface area (Å²) in [6.45, 7) is 1.20. The van der Waals surface area contributed by atoms with Crippen LogP contribution >= 0.6 is 0 Å². The van der Waals surface area contributed by atoms with E-state index in [0.717, 1.165) is 19.3 Å². The summed E-state index contributed by atoms with van der Waals surface area (Å²) in [6.07, 6.45) is 3.96. The average molecular weight is 283 g/mol. The Kier molecular flexibility index (Phi) is 4.81. The average Bonchev–Trinajstić information content (AvgIpc) is 2.41. The monoisotopic (exact) mass is 283 g/mol. The molecule has 0 aliphatic carbocycles. The quantitative estimate of drug-likeness (QED) is 0.694. The van der Waals surface area contributed by atoms with E-state index >= 15 is 0 Å². The summed E-state index contributed by atoms with van der Waals surface area (Å²) < 4.78 is 0. The number of carbonyl (C=O) groups excluding carboxylic acids is 2. The number of nitrogens with one attached hydrogen (secondary N) is 2. The summed E-state index contributed by atoms with van der Waals surface area (Å²) in [7, 11) is 0. The van der Waals surface area contributed by atoms with Gasteiger partial charge in [0.2, 0.25) is 5.91 Å². The predicted octanol–water partition coefficient (Wildman–Crippen LogP) is 0.304. The number of likely N-dealkylation sites (tertiary alicyclic amines) is 1. The number of nitrogens with zero attached hydrogens (tertiary/aromatic N) is 1. The van der Waals surface area contributed by atoms with Crippen molar-refractivity contribution in [3.63, 3.8) is 0 Å². The minimum Gasteiger partial charge on any atom is -0.481 e. The fourth-order valence-corrected chi connectivity index (χ4v) is 2.82. The van der Waals surface area contributed by atoms with Gasteiger partial charge in [-0.2, -0.15) is 0 Å². The Morgan fingerprint density at radius 3 is 2.80 bits per heavy atom. The van der Waals surface area contributed by atoms with Crippen molar-refractivity contribution in [3.05, 3.63) is 0 Å². The third kappa shape index (κ3) is 3.61.